The molecule has 50 heavy (non-hydrogen) atoms. The maximum atomic E-state index is 13.4. The highest BCUT2D eigenvalue weighted by Crippen LogP contribution is 2.27. The maximum absolute atomic E-state index is 13.4. The van der Waals surface area contributed by atoms with Gasteiger partial charge in [0, 0.05) is 39.0 Å². The number of carbonyl (C=O) groups excluding carboxylic acids is 6. The van der Waals surface area contributed by atoms with Crippen molar-refractivity contribution in [1.82, 2.24) is 19.6 Å². The second-order valence-electron chi connectivity index (χ2n) is 12.2. The first kappa shape index (κ1) is 37.6. The van der Waals surface area contributed by atoms with Crippen LogP contribution in [0.4, 0.5) is 9.59 Å². The van der Waals surface area contributed by atoms with Gasteiger partial charge in [0.1, 0.15) is 25.3 Å². The Kier molecular flexibility index (Phi) is 14.3. The van der Waals surface area contributed by atoms with Crippen LogP contribution in [0.2, 0.25) is 0 Å². The molecule has 0 radical (unpaired) electrons. The van der Waals surface area contributed by atoms with Gasteiger partial charge < -0.3 is 19.3 Å². The molecule has 0 saturated carbocycles. The van der Waals surface area contributed by atoms with E-state index in [0.717, 1.165) is 11.1 Å². The van der Waals surface area contributed by atoms with Crippen molar-refractivity contribution < 1.29 is 38.2 Å². The highest BCUT2D eigenvalue weighted by atomic mass is 16.5. The molecule has 0 bridgehead atoms. The number of rotatable bonds is 21. The molecule has 12 nitrogen and oxygen atoms in total. The van der Waals surface area contributed by atoms with Crippen molar-refractivity contribution in [2.24, 2.45) is 0 Å². The number of benzene rings is 2. The lowest BCUT2D eigenvalue weighted by Gasteiger charge is -2.22. The first-order valence-corrected chi connectivity index (χ1v) is 17.1. The van der Waals surface area contributed by atoms with Crippen LogP contribution < -0.4 is 0 Å². The van der Waals surface area contributed by atoms with E-state index in [1.807, 2.05) is 60.7 Å². The van der Waals surface area contributed by atoms with Crippen LogP contribution in [-0.2, 0) is 41.7 Å². The van der Waals surface area contributed by atoms with Crippen molar-refractivity contribution in [3.63, 3.8) is 0 Å². The molecular weight excluding hydrogens is 640 g/mol. The van der Waals surface area contributed by atoms with Crippen LogP contribution in [0.1, 0.15) is 62.5 Å². The SMILES string of the molecule is C=CCOC(=O)CCC1C(=O)N(CCCCCCN2C(=O)C(CCC(=O)OCC=C)N(Cc3ccccc3)C2=O)C(=O)N1Cc1ccccc1. The van der Waals surface area contributed by atoms with E-state index in [0.29, 0.717) is 25.7 Å². The number of amides is 6. The van der Waals surface area contributed by atoms with Crippen LogP contribution >= 0.6 is 0 Å². The highest BCUT2D eigenvalue weighted by molar-refractivity contribution is 6.05. The molecule has 6 amide bonds. The van der Waals surface area contributed by atoms with Gasteiger partial charge in [0.15, 0.2) is 0 Å². The lowest BCUT2D eigenvalue weighted by atomic mass is 10.1. The smallest absolute Gasteiger partial charge is 0.327 e. The molecule has 2 unspecified atom stereocenters. The average Bonchev–Trinajstić information content (AvgIpc) is 3.48. The summed E-state index contributed by atoms with van der Waals surface area (Å²) in [4.78, 5) is 83.5. The Morgan fingerprint density at radius 2 is 0.980 bits per heavy atom. The van der Waals surface area contributed by atoms with Gasteiger partial charge in [0.25, 0.3) is 11.8 Å². The Hall–Kier alpha value is -5.26. The van der Waals surface area contributed by atoms with Crippen LogP contribution in [0.5, 0.6) is 0 Å². The van der Waals surface area contributed by atoms with E-state index in [-0.39, 0.29) is 76.9 Å². The first-order valence-electron chi connectivity index (χ1n) is 17.1. The van der Waals surface area contributed by atoms with E-state index in [4.69, 9.17) is 9.47 Å². The quantitative estimate of drug-likeness (QED) is 0.0755. The van der Waals surface area contributed by atoms with Crippen molar-refractivity contribution in [1.29, 1.82) is 0 Å². The van der Waals surface area contributed by atoms with Crippen molar-refractivity contribution in [3.05, 3.63) is 97.1 Å². The van der Waals surface area contributed by atoms with Crippen LogP contribution in [0.3, 0.4) is 0 Å². The van der Waals surface area contributed by atoms with Crippen molar-refractivity contribution in [2.75, 3.05) is 26.3 Å². The molecule has 2 aromatic rings. The number of unbranched alkanes of at least 4 members (excludes halogenated alkanes) is 3. The molecule has 2 heterocycles. The summed E-state index contributed by atoms with van der Waals surface area (Å²) in [6.45, 7) is 8.14. The highest BCUT2D eigenvalue weighted by Gasteiger charge is 2.45. The van der Waals surface area contributed by atoms with Gasteiger partial charge in [-0.25, -0.2) is 9.59 Å². The zero-order chi connectivity index (χ0) is 35.9. The van der Waals surface area contributed by atoms with Crippen LogP contribution in [0.15, 0.2) is 86.0 Å². The number of nitrogens with zero attached hydrogens (tertiary/aromatic N) is 4. The number of hydrogen-bond acceptors (Lipinski definition) is 8. The molecule has 0 aliphatic carbocycles. The summed E-state index contributed by atoms with van der Waals surface area (Å²) in [7, 11) is 0. The van der Waals surface area contributed by atoms with Crippen molar-refractivity contribution >= 4 is 35.8 Å². The lowest BCUT2D eigenvalue weighted by molar-refractivity contribution is -0.144. The van der Waals surface area contributed by atoms with E-state index in [2.05, 4.69) is 13.2 Å². The Balaban J connectivity index is 1.29. The Bertz CT molecular complexity index is 1400. The molecule has 2 fully saturated rings. The fourth-order valence-electron chi connectivity index (χ4n) is 6.13. The molecule has 2 atom stereocenters. The number of carbonyl (C=O) groups is 6. The lowest BCUT2D eigenvalue weighted by Crippen LogP contribution is -2.35. The van der Waals surface area contributed by atoms with Gasteiger partial charge in [-0.05, 0) is 36.8 Å². The normalized spacial score (nSPS) is 17.4. The summed E-state index contributed by atoms with van der Waals surface area (Å²) in [5.41, 5.74) is 1.75. The van der Waals surface area contributed by atoms with Crippen LogP contribution in [-0.4, -0.2) is 93.8 Å². The number of urea groups is 2. The summed E-state index contributed by atoms with van der Waals surface area (Å²) in [6.07, 6.45) is 5.65. The third-order valence-electron chi connectivity index (χ3n) is 8.68. The first-order chi connectivity index (χ1) is 24.2. The number of esters is 2. The Morgan fingerprint density at radius 3 is 1.34 bits per heavy atom. The van der Waals surface area contributed by atoms with Gasteiger partial charge in [0.05, 0.1) is 0 Å². The van der Waals surface area contributed by atoms with Gasteiger partial charge >= 0.3 is 24.0 Å². The molecular formula is C38H46N4O8. The minimum absolute atomic E-state index is 0.00632. The number of hydrogen-bond donors (Lipinski definition) is 0. The minimum atomic E-state index is -0.776. The zero-order valence-electron chi connectivity index (χ0n) is 28.5. The summed E-state index contributed by atoms with van der Waals surface area (Å²) < 4.78 is 10.1. The number of imide groups is 2. The molecule has 0 spiro atoms. The van der Waals surface area contributed by atoms with E-state index in [1.165, 1.54) is 31.8 Å². The summed E-state index contributed by atoms with van der Waals surface area (Å²) in [5, 5.41) is 0. The summed E-state index contributed by atoms with van der Waals surface area (Å²) in [6, 6.07) is 16.4. The predicted octanol–water partition coefficient (Wildman–Crippen LogP) is 5.23. The molecule has 2 aromatic carbocycles. The molecule has 0 aromatic heterocycles. The molecule has 12 heteroatoms. The Morgan fingerprint density at radius 1 is 0.600 bits per heavy atom. The summed E-state index contributed by atoms with van der Waals surface area (Å²) >= 11 is 0. The van der Waals surface area contributed by atoms with E-state index >= 15 is 0 Å². The fraction of sp³-hybridized carbons (Fsp3) is 0.421. The van der Waals surface area contributed by atoms with Crippen molar-refractivity contribution in [3.8, 4) is 0 Å². The second kappa shape index (κ2) is 19.1. The molecule has 0 N–H and O–H groups in total. The molecule has 2 aliphatic heterocycles. The molecule has 4 rings (SSSR count). The average molecular weight is 687 g/mol. The van der Waals surface area contributed by atoms with E-state index in [1.54, 1.807) is 0 Å². The third-order valence-corrected chi connectivity index (χ3v) is 8.68. The van der Waals surface area contributed by atoms with Gasteiger partial charge in [0.2, 0.25) is 0 Å². The molecule has 266 valence electrons. The standard InChI is InChI=1S/C38H46N4O8/c1-3-25-49-33(43)21-19-31-35(45)39(37(47)41(31)27-29-15-9-7-10-16-29)23-13-5-6-14-24-40-36(46)32(20-22-34(44)50-26-4-2)42(38(40)48)28-30-17-11-8-12-18-30/h3-4,7-12,15-18,31-32H,1-2,5-6,13-14,19-28H2. The van der Waals surface area contributed by atoms with Gasteiger partial charge in [-0.2, -0.15) is 0 Å². The van der Waals surface area contributed by atoms with Crippen molar-refractivity contribution in [2.45, 2.75) is 76.5 Å². The second-order valence-corrected chi connectivity index (χ2v) is 12.2. The van der Waals surface area contributed by atoms with Crippen LogP contribution in [0.25, 0.3) is 0 Å². The molecule has 2 aliphatic rings. The van der Waals surface area contributed by atoms with E-state index in [9.17, 15) is 28.8 Å². The molecule has 2 saturated heterocycles. The monoisotopic (exact) mass is 686 g/mol. The predicted molar refractivity (Wildman–Crippen MR) is 185 cm³/mol. The Labute approximate surface area is 293 Å². The van der Waals surface area contributed by atoms with Crippen LogP contribution in [0, 0.1) is 0 Å². The van der Waals surface area contributed by atoms with Gasteiger partial charge in [-0.3, -0.25) is 29.0 Å². The van der Waals surface area contributed by atoms with Gasteiger partial charge in [-0.15, -0.1) is 0 Å². The summed E-state index contributed by atoms with van der Waals surface area (Å²) in [5.74, 6) is -1.60. The topological polar surface area (TPSA) is 134 Å². The third kappa shape index (κ3) is 10.1. The zero-order valence-corrected chi connectivity index (χ0v) is 28.5. The van der Waals surface area contributed by atoms with E-state index < -0.39 is 36.1 Å². The number of ether oxygens (including phenoxy) is 2. The largest absolute Gasteiger partial charge is 0.461 e. The fourth-order valence-corrected chi connectivity index (χ4v) is 6.13. The van der Waals surface area contributed by atoms with Gasteiger partial charge in [-0.1, -0.05) is 98.8 Å². The minimum Gasteiger partial charge on any atom is -0.461 e. The maximum Gasteiger partial charge on any atom is 0.327 e.